The summed E-state index contributed by atoms with van der Waals surface area (Å²) in [6.45, 7) is 2.18. The van der Waals surface area contributed by atoms with E-state index in [1.165, 1.54) is 0 Å². The topological polar surface area (TPSA) is 72.0 Å². The number of nitrogens with zero attached hydrogens (tertiary/aromatic N) is 1. The Labute approximate surface area is 122 Å². The molecule has 0 aliphatic heterocycles. The minimum atomic E-state index is -0.240. The highest BCUT2D eigenvalue weighted by molar-refractivity contribution is 5.77. The molecule has 1 N–H and O–H groups in total. The van der Waals surface area contributed by atoms with E-state index in [2.05, 4.69) is 9.97 Å². The lowest BCUT2D eigenvalue weighted by molar-refractivity contribution is -0.142. The minimum absolute atomic E-state index is 0.147. The minimum Gasteiger partial charge on any atom is -0.461 e. The normalized spacial score (nSPS) is 11.1. The fourth-order valence-corrected chi connectivity index (χ4v) is 1.96. The molecule has 0 saturated heterocycles. The first kappa shape index (κ1) is 15.0. The summed E-state index contributed by atoms with van der Waals surface area (Å²) in [4.78, 5) is 30.5. The Hall–Kier alpha value is -2.43. The lowest BCUT2D eigenvalue weighted by atomic mass is 10.2. The van der Waals surface area contributed by atoms with Gasteiger partial charge in [-0.05, 0) is 25.5 Å². The Kier molecular flexibility index (Phi) is 5.26. The SMILES string of the molecule is C/C=C/COC(=O)CCCc1nc2ccccc2c(=O)[nH]1. The van der Waals surface area contributed by atoms with Gasteiger partial charge in [-0.15, -0.1) is 0 Å². The van der Waals surface area contributed by atoms with Crippen molar-refractivity contribution in [2.24, 2.45) is 0 Å². The third-order valence-corrected chi connectivity index (χ3v) is 3.03. The molecule has 21 heavy (non-hydrogen) atoms. The van der Waals surface area contributed by atoms with E-state index >= 15 is 0 Å². The fraction of sp³-hybridized carbons (Fsp3) is 0.312. The van der Waals surface area contributed by atoms with Crippen LogP contribution in [0.3, 0.4) is 0 Å². The monoisotopic (exact) mass is 286 g/mol. The fourth-order valence-electron chi connectivity index (χ4n) is 1.96. The van der Waals surface area contributed by atoms with Crippen LogP contribution < -0.4 is 5.56 Å². The van der Waals surface area contributed by atoms with Crippen molar-refractivity contribution < 1.29 is 9.53 Å². The molecule has 0 aliphatic rings. The number of allylic oxidation sites excluding steroid dienone is 1. The molecular weight excluding hydrogens is 268 g/mol. The highest BCUT2D eigenvalue weighted by atomic mass is 16.5. The van der Waals surface area contributed by atoms with Crippen LogP contribution in [0.1, 0.15) is 25.6 Å². The molecule has 0 radical (unpaired) electrons. The Morgan fingerprint density at radius 1 is 1.38 bits per heavy atom. The number of carbonyl (C=O) groups is 1. The summed E-state index contributed by atoms with van der Waals surface area (Å²) < 4.78 is 5.00. The zero-order chi connectivity index (χ0) is 15.1. The predicted octanol–water partition coefficient (Wildman–Crippen LogP) is 2.37. The second-order valence-corrected chi connectivity index (χ2v) is 4.64. The first-order valence-corrected chi connectivity index (χ1v) is 6.95. The van der Waals surface area contributed by atoms with E-state index in [0.29, 0.717) is 42.6 Å². The Morgan fingerprint density at radius 3 is 3.00 bits per heavy atom. The van der Waals surface area contributed by atoms with Gasteiger partial charge in [0.1, 0.15) is 12.4 Å². The van der Waals surface area contributed by atoms with E-state index in [4.69, 9.17) is 4.74 Å². The highest BCUT2D eigenvalue weighted by Gasteiger charge is 2.05. The predicted molar refractivity (Wildman–Crippen MR) is 81.1 cm³/mol. The van der Waals surface area contributed by atoms with Crippen LogP contribution in [0, 0.1) is 0 Å². The number of hydrogen-bond donors (Lipinski definition) is 1. The van der Waals surface area contributed by atoms with Crippen molar-refractivity contribution in [1.29, 1.82) is 0 Å². The van der Waals surface area contributed by atoms with Crippen LogP contribution in [0.15, 0.2) is 41.2 Å². The lowest BCUT2D eigenvalue weighted by Gasteiger charge is -2.03. The van der Waals surface area contributed by atoms with Crippen LogP contribution in [-0.4, -0.2) is 22.5 Å². The maximum atomic E-state index is 11.9. The number of carbonyl (C=O) groups excluding carboxylic acids is 1. The number of esters is 1. The van der Waals surface area contributed by atoms with Gasteiger partial charge in [0, 0.05) is 12.8 Å². The van der Waals surface area contributed by atoms with E-state index in [0.717, 1.165) is 0 Å². The zero-order valence-corrected chi connectivity index (χ0v) is 12.0. The lowest BCUT2D eigenvalue weighted by Crippen LogP contribution is -2.12. The molecule has 1 aromatic heterocycles. The molecular formula is C16H18N2O3. The highest BCUT2D eigenvalue weighted by Crippen LogP contribution is 2.07. The number of ether oxygens (including phenoxy) is 1. The van der Waals surface area contributed by atoms with Crippen molar-refractivity contribution in [3.8, 4) is 0 Å². The van der Waals surface area contributed by atoms with E-state index in [9.17, 15) is 9.59 Å². The number of aryl methyl sites for hydroxylation is 1. The zero-order valence-electron chi connectivity index (χ0n) is 12.0. The number of hydrogen-bond acceptors (Lipinski definition) is 4. The number of para-hydroxylation sites is 1. The second-order valence-electron chi connectivity index (χ2n) is 4.64. The van der Waals surface area contributed by atoms with Crippen LogP contribution in [0.2, 0.25) is 0 Å². The van der Waals surface area contributed by atoms with Crippen molar-refractivity contribution in [2.45, 2.75) is 26.2 Å². The van der Waals surface area contributed by atoms with Gasteiger partial charge in [-0.1, -0.05) is 24.3 Å². The summed E-state index contributed by atoms with van der Waals surface area (Å²) in [5.41, 5.74) is 0.526. The van der Waals surface area contributed by atoms with E-state index < -0.39 is 0 Å². The average Bonchev–Trinajstić information content (AvgIpc) is 2.48. The third-order valence-electron chi connectivity index (χ3n) is 3.03. The molecule has 110 valence electrons. The summed E-state index contributed by atoms with van der Waals surface area (Å²) in [7, 11) is 0. The summed E-state index contributed by atoms with van der Waals surface area (Å²) in [5, 5.41) is 0.576. The van der Waals surface area contributed by atoms with Gasteiger partial charge in [0.25, 0.3) is 5.56 Å². The largest absolute Gasteiger partial charge is 0.461 e. The molecule has 0 bridgehead atoms. The number of aromatic amines is 1. The van der Waals surface area contributed by atoms with E-state index in [-0.39, 0.29) is 11.5 Å². The molecule has 0 aliphatic carbocycles. The molecule has 1 aromatic carbocycles. The van der Waals surface area contributed by atoms with Gasteiger partial charge in [0.2, 0.25) is 0 Å². The second kappa shape index (κ2) is 7.38. The van der Waals surface area contributed by atoms with Gasteiger partial charge in [-0.2, -0.15) is 0 Å². The van der Waals surface area contributed by atoms with Crippen LogP contribution in [0.4, 0.5) is 0 Å². The summed E-state index contributed by atoms with van der Waals surface area (Å²) in [6, 6.07) is 7.19. The van der Waals surface area contributed by atoms with Crippen LogP contribution in [0.5, 0.6) is 0 Å². The van der Waals surface area contributed by atoms with Crippen molar-refractivity contribution in [3.63, 3.8) is 0 Å². The summed E-state index contributed by atoms with van der Waals surface area (Å²) >= 11 is 0. The number of nitrogens with one attached hydrogen (secondary N) is 1. The van der Waals surface area contributed by atoms with Gasteiger partial charge < -0.3 is 9.72 Å². The van der Waals surface area contributed by atoms with Gasteiger partial charge in [-0.3, -0.25) is 9.59 Å². The van der Waals surface area contributed by atoms with Crippen molar-refractivity contribution in [1.82, 2.24) is 9.97 Å². The molecule has 0 atom stereocenters. The smallest absolute Gasteiger partial charge is 0.306 e. The average molecular weight is 286 g/mol. The van der Waals surface area contributed by atoms with E-state index in [1.807, 2.05) is 19.1 Å². The quantitative estimate of drug-likeness (QED) is 0.653. The molecule has 0 spiro atoms. The van der Waals surface area contributed by atoms with Crippen molar-refractivity contribution in [3.05, 3.63) is 52.6 Å². The summed E-state index contributed by atoms with van der Waals surface area (Å²) in [6.07, 6.45) is 5.06. The maximum Gasteiger partial charge on any atom is 0.306 e. The van der Waals surface area contributed by atoms with Crippen molar-refractivity contribution in [2.75, 3.05) is 6.61 Å². The third kappa shape index (κ3) is 4.27. The van der Waals surface area contributed by atoms with E-state index in [1.54, 1.807) is 24.3 Å². The Balaban J connectivity index is 1.92. The number of fused-ring (bicyclic) bond motifs is 1. The number of aromatic nitrogens is 2. The van der Waals surface area contributed by atoms with Crippen LogP contribution in [0.25, 0.3) is 10.9 Å². The molecule has 5 heteroatoms. The molecule has 1 heterocycles. The van der Waals surface area contributed by atoms with Crippen molar-refractivity contribution >= 4 is 16.9 Å². The van der Waals surface area contributed by atoms with Gasteiger partial charge in [0.15, 0.2) is 0 Å². The molecule has 2 aromatic rings. The Morgan fingerprint density at radius 2 is 2.19 bits per heavy atom. The molecule has 0 amide bonds. The first-order valence-electron chi connectivity index (χ1n) is 6.95. The number of H-pyrrole nitrogens is 1. The molecule has 0 saturated carbocycles. The molecule has 0 unspecified atom stereocenters. The molecule has 0 fully saturated rings. The molecule has 2 rings (SSSR count). The standard InChI is InChI=1S/C16H18N2O3/c1-2-3-11-21-15(19)10-6-9-14-17-13-8-5-4-7-12(13)16(20)18-14/h2-5,7-8H,6,9-11H2,1H3,(H,17,18,20)/b3-2+. The number of benzene rings is 1. The van der Waals surface area contributed by atoms with Crippen LogP contribution in [-0.2, 0) is 16.0 Å². The maximum absolute atomic E-state index is 11.9. The number of rotatable bonds is 6. The van der Waals surface area contributed by atoms with Crippen LogP contribution >= 0.6 is 0 Å². The van der Waals surface area contributed by atoms with Gasteiger partial charge in [-0.25, -0.2) is 4.98 Å². The van der Waals surface area contributed by atoms with Gasteiger partial charge >= 0.3 is 5.97 Å². The first-order chi connectivity index (χ1) is 10.2. The Bertz CT molecular complexity index is 704. The van der Waals surface area contributed by atoms with Gasteiger partial charge in [0.05, 0.1) is 10.9 Å². The summed E-state index contributed by atoms with van der Waals surface area (Å²) in [5.74, 6) is 0.358. The molecule has 5 nitrogen and oxygen atoms in total.